The van der Waals surface area contributed by atoms with Crippen LogP contribution in [0.4, 0.5) is 0 Å². The molecule has 0 aromatic carbocycles. The van der Waals surface area contributed by atoms with Crippen LogP contribution in [0.5, 0.6) is 0 Å². The minimum absolute atomic E-state index is 0.372. The van der Waals surface area contributed by atoms with Gasteiger partial charge >= 0.3 is 0 Å². The van der Waals surface area contributed by atoms with Crippen molar-refractivity contribution in [3.8, 4) is 0 Å². The third kappa shape index (κ3) is 1.94. The van der Waals surface area contributed by atoms with E-state index in [4.69, 9.17) is 5.73 Å². The smallest absolute Gasteiger partial charge is 0.0337 e. The number of nitrogens with two attached hydrogens (primary N) is 1. The Balaban J connectivity index is 2.08. The van der Waals surface area contributed by atoms with E-state index in [1.54, 1.807) is 0 Å². The predicted octanol–water partition coefficient (Wildman–Crippen LogP) is 2.38. The molecule has 2 heteroatoms. The second-order valence-electron chi connectivity index (χ2n) is 5.63. The normalized spacial score (nSPS) is 42.6. The SMILES string of the molecule is CCC1CCC(CN)(N2CCCC2C)C1. The lowest BCUT2D eigenvalue weighted by atomic mass is 9.92. The molecule has 0 amide bonds. The molecule has 2 nitrogen and oxygen atoms in total. The van der Waals surface area contributed by atoms with Gasteiger partial charge < -0.3 is 5.73 Å². The van der Waals surface area contributed by atoms with Crippen molar-refractivity contribution in [2.24, 2.45) is 11.7 Å². The van der Waals surface area contributed by atoms with Gasteiger partial charge in [0.05, 0.1) is 0 Å². The molecule has 1 saturated carbocycles. The van der Waals surface area contributed by atoms with Crippen LogP contribution in [0.3, 0.4) is 0 Å². The predicted molar refractivity (Wildman–Crippen MR) is 64.8 cm³/mol. The maximum atomic E-state index is 6.09. The van der Waals surface area contributed by atoms with Crippen LogP contribution in [-0.4, -0.2) is 29.6 Å². The summed E-state index contributed by atoms with van der Waals surface area (Å²) in [4.78, 5) is 2.72. The molecule has 0 aromatic heterocycles. The molecule has 3 unspecified atom stereocenters. The molecule has 2 rings (SSSR count). The van der Waals surface area contributed by atoms with E-state index < -0.39 is 0 Å². The Hall–Kier alpha value is -0.0800. The first-order valence-electron chi connectivity index (χ1n) is 6.68. The number of rotatable bonds is 3. The topological polar surface area (TPSA) is 29.3 Å². The Labute approximate surface area is 94.2 Å². The fourth-order valence-electron chi connectivity index (χ4n) is 3.76. The van der Waals surface area contributed by atoms with Crippen molar-refractivity contribution in [1.29, 1.82) is 0 Å². The molecule has 1 saturated heterocycles. The van der Waals surface area contributed by atoms with Crippen LogP contribution in [0.1, 0.15) is 52.4 Å². The van der Waals surface area contributed by atoms with Gasteiger partial charge in [-0.15, -0.1) is 0 Å². The largest absolute Gasteiger partial charge is 0.329 e. The van der Waals surface area contributed by atoms with E-state index in [0.717, 1.165) is 18.5 Å². The van der Waals surface area contributed by atoms with Gasteiger partial charge in [0.1, 0.15) is 0 Å². The van der Waals surface area contributed by atoms with Crippen LogP contribution in [0.15, 0.2) is 0 Å². The summed E-state index contributed by atoms with van der Waals surface area (Å²) in [5.41, 5.74) is 6.46. The zero-order valence-corrected chi connectivity index (χ0v) is 10.3. The Morgan fingerprint density at radius 2 is 2.20 bits per heavy atom. The summed E-state index contributed by atoms with van der Waals surface area (Å²) in [5.74, 6) is 0.932. The van der Waals surface area contributed by atoms with Crippen molar-refractivity contribution in [2.75, 3.05) is 13.1 Å². The van der Waals surface area contributed by atoms with Crippen molar-refractivity contribution in [3.05, 3.63) is 0 Å². The summed E-state index contributed by atoms with van der Waals surface area (Å²) >= 11 is 0. The van der Waals surface area contributed by atoms with Crippen LogP contribution < -0.4 is 5.73 Å². The van der Waals surface area contributed by atoms with Crippen molar-refractivity contribution in [1.82, 2.24) is 4.90 Å². The van der Waals surface area contributed by atoms with Gasteiger partial charge in [0.15, 0.2) is 0 Å². The Bertz CT molecular complexity index is 217. The van der Waals surface area contributed by atoms with Crippen LogP contribution in [-0.2, 0) is 0 Å². The summed E-state index contributed by atoms with van der Waals surface area (Å²) < 4.78 is 0. The van der Waals surface area contributed by atoms with Gasteiger partial charge in [0, 0.05) is 18.1 Å². The molecule has 1 aliphatic heterocycles. The molecule has 0 aromatic rings. The van der Waals surface area contributed by atoms with Gasteiger partial charge in [-0.3, -0.25) is 4.90 Å². The van der Waals surface area contributed by atoms with E-state index in [2.05, 4.69) is 18.7 Å². The maximum absolute atomic E-state index is 6.09. The third-order valence-electron chi connectivity index (χ3n) is 4.81. The number of hydrogen-bond donors (Lipinski definition) is 1. The molecule has 0 radical (unpaired) electrons. The minimum atomic E-state index is 0.372. The maximum Gasteiger partial charge on any atom is 0.0337 e. The second kappa shape index (κ2) is 4.42. The van der Waals surface area contributed by atoms with Gasteiger partial charge in [-0.2, -0.15) is 0 Å². The lowest BCUT2D eigenvalue weighted by Crippen LogP contribution is -2.53. The van der Waals surface area contributed by atoms with E-state index in [1.807, 2.05) is 0 Å². The van der Waals surface area contributed by atoms with Crippen molar-refractivity contribution in [2.45, 2.75) is 64.0 Å². The molecule has 3 atom stereocenters. The molecule has 1 heterocycles. The minimum Gasteiger partial charge on any atom is -0.329 e. The van der Waals surface area contributed by atoms with Crippen molar-refractivity contribution >= 4 is 0 Å². The monoisotopic (exact) mass is 210 g/mol. The Morgan fingerprint density at radius 1 is 1.40 bits per heavy atom. The average molecular weight is 210 g/mol. The fraction of sp³-hybridized carbons (Fsp3) is 1.00. The number of hydrogen-bond acceptors (Lipinski definition) is 2. The van der Waals surface area contributed by atoms with Crippen LogP contribution in [0.25, 0.3) is 0 Å². The lowest BCUT2D eigenvalue weighted by molar-refractivity contribution is 0.0884. The van der Waals surface area contributed by atoms with Gasteiger partial charge in [0.25, 0.3) is 0 Å². The first kappa shape index (κ1) is 11.4. The van der Waals surface area contributed by atoms with Gasteiger partial charge in [-0.1, -0.05) is 13.3 Å². The molecule has 88 valence electrons. The summed E-state index contributed by atoms with van der Waals surface area (Å²) in [6.45, 7) is 6.86. The van der Waals surface area contributed by atoms with E-state index in [-0.39, 0.29) is 0 Å². The standard InChI is InChI=1S/C13H26N2/c1-3-12-6-7-13(9-12,10-14)15-8-4-5-11(15)2/h11-12H,3-10,14H2,1-2H3. The van der Waals surface area contributed by atoms with E-state index in [1.165, 1.54) is 45.1 Å². The molecule has 2 N–H and O–H groups in total. The average Bonchev–Trinajstić information content (AvgIpc) is 2.84. The van der Waals surface area contributed by atoms with Gasteiger partial charge in [-0.05, 0) is 51.5 Å². The van der Waals surface area contributed by atoms with Crippen LogP contribution in [0.2, 0.25) is 0 Å². The van der Waals surface area contributed by atoms with Gasteiger partial charge in [-0.25, -0.2) is 0 Å². The molecule has 2 aliphatic rings. The fourth-order valence-corrected chi connectivity index (χ4v) is 3.76. The molecule has 2 fully saturated rings. The summed E-state index contributed by atoms with van der Waals surface area (Å²) in [6, 6.07) is 0.768. The van der Waals surface area contributed by atoms with E-state index in [0.29, 0.717) is 5.54 Å². The van der Waals surface area contributed by atoms with Crippen LogP contribution >= 0.6 is 0 Å². The molecular weight excluding hydrogens is 184 g/mol. The second-order valence-corrected chi connectivity index (χ2v) is 5.63. The Kier molecular flexibility index (Phi) is 3.36. The summed E-state index contributed by atoms with van der Waals surface area (Å²) in [7, 11) is 0. The lowest BCUT2D eigenvalue weighted by Gasteiger charge is -2.41. The van der Waals surface area contributed by atoms with Crippen LogP contribution in [0, 0.1) is 5.92 Å². The highest BCUT2D eigenvalue weighted by Crippen LogP contribution is 2.42. The molecule has 1 aliphatic carbocycles. The van der Waals surface area contributed by atoms with Crippen molar-refractivity contribution < 1.29 is 0 Å². The Morgan fingerprint density at radius 3 is 2.67 bits per heavy atom. The van der Waals surface area contributed by atoms with Crippen molar-refractivity contribution in [3.63, 3.8) is 0 Å². The van der Waals surface area contributed by atoms with Gasteiger partial charge in [0.2, 0.25) is 0 Å². The summed E-state index contributed by atoms with van der Waals surface area (Å²) in [5, 5.41) is 0. The molecular formula is C13H26N2. The highest BCUT2D eigenvalue weighted by atomic mass is 15.3. The highest BCUT2D eigenvalue weighted by molar-refractivity contribution is 5.01. The number of nitrogens with zero attached hydrogens (tertiary/aromatic N) is 1. The first-order valence-corrected chi connectivity index (χ1v) is 6.68. The first-order chi connectivity index (χ1) is 7.22. The number of likely N-dealkylation sites (tertiary alicyclic amines) is 1. The molecule has 0 bridgehead atoms. The highest BCUT2D eigenvalue weighted by Gasteiger charge is 2.44. The van der Waals surface area contributed by atoms with E-state index >= 15 is 0 Å². The molecule has 15 heavy (non-hydrogen) atoms. The zero-order chi connectivity index (χ0) is 10.9. The zero-order valence-electron chi connectivity index (χ0n) is 10.3. The van der Waals surface area contributed by atoms with E-state index in [9.17, 15) is 0 Å². The summed E-state index contributed by atoms with van der Waals surface area (Å²) in [6.07, 6.45) is 8.18. The third-order valence-corrected chi connectivity index (χ3v) is 4.81. The molecule has 0 spiro atoms. The quantitative estimate of drug-likeness (QED) is 0.775.